The Kier molecular flexibility index (Phi) is 5.66. The molecule has 4 rings (SSSR count). The van der Waals surface area contributed by atoms with Crippen LogP contribution in [0, 0.1) is 6.92 Å². The Bertz CT molecular complexity index is 1190. The van der Waals surface area contributed by atoms with Gasteiger partial charge in [0.25, 0.3) is 5.91 Å². The highest BCUT2D eigenvalue weighted by Gasteiger charge is 2.25. The second-order valence-electron chi connectivity index (χ2n) is 7.67. The van der Waals surface area contributed by atoms with Gasteiger partial charge in [-0.05, 0) is 37.5 Å². The number of hydrogen-bond donors (Lipinski definition) is 1. The van der Waals surface area contributed by atoms with Gasteiger partial charge in [-0.2, -0.15) is 0 Å². The summed E-state index contributed by atoms with van der Waals surface area (Å²) in [5, 5.41) is 1.08. The molecule has 30 heavy (non-hydrogen) atoms. The maximum Gasteiger partial charge on any atom is 0.251 e. The van der Waals surface area contributed by atoms with E-state index in [0.29, 0.717) is 5.56 Å². The van der Waals surface area contributed by atoms with Gasteiger partial charge in [-0.25, -0.2) is 4.98 Å². The van der Waals surface area contributed by atoms with Crippen LogP contribution < -0.4 is 5.73 Å². The SMILES string of the molecule is CCCc1c(-c2ccc3ccccc3n2)c(C(N)=O)c(C)n1CCc1ccccc1. The fourth-order valence-corrected chi connectivity index (χ4v) is 4.27. The molecule has 0 saturated heterocycles. The number of rotatable bonds is 7. The number of benzene rings is 2. The van der Waals surface area contributed by atoms with Crippen molar-refractivity contribution in [1.82, 2.24) is 9.55 Å². The minimum Gasteiger partial charge on any atom is -0.366 e. The number of aryl methyl sites for hydroxylation is 1. The predicted molar refractivity (Wildman–Crippen MR) is 123 cm³/mol. The Balaban J connectivity index is 1.86. The van der Waals surface area contributed by atoms with E-state index in [9.17, 15) is 4.79 Å². The summed E-state index contributed by atoms with van der Waals surface area (Å²) in [7, 11) is 0. The number of hydrogen-bond acceptors (Lipinski definition) is 2. The Morgan fingerprint density at radius 3 is 2.43 bits per heavy atom. The predicted octanol–water partition coefficient (Wildman–Crippen LogP) is 5.31. The zero-order valence-corrected chi connectivity index (χ0v) is 17.6. The summed E-state index contributed by atoms with van der Waals surface area (Å²) in [5.74, 6) is -0.395. The largest absolute Gasteiger partial charge is 0.366 e. The normalized spacial score (nSPS) is 11.1. The Morgan fingerprint density at radius 1 is 0.967 bits per heavy atom. The number of carbonyl (C=O) groups is 1. The third-order valence-electron chi connectivity index (χ3n) is 5.69. The van der Waals surface area contributed by atoms with Crippen molar-refractivity contribution in [1.29, 1.82) is 0 Å². The summed E-state index contributed by atoms with van der Waals surface area (Å²) in [6.45, 7) is 4.96. The fourth-order valence-electron chi connectivity index (χ4n) is 4.27. The van der Waals surface area contributed by atoms with E-state index in [1.807, 2.05) is 43.3 Å². The third-order valence-corrected chi connectivity index (χ3v) is 5.69. The molecular weight excluding hydrogens is 370 g/mol. The van der Waals surface area contributed by atoms with Gasteiger partial charge in [-0.15, -0.1) is 0 Å². The van der Waals surface area contributed by atoms with Gasteiger partial charge in [0.15, 0.2) is 0 Å². The van der Waals surface area contributed by atoms with Crippen molar-refractivity contribution in [3.8, 4) is 11.3 Å². The molecule has 0 spiro atoms. The summed E-state index contributed by atoms with van der Waals surface area (Å²) in [6, 6.07) is 22.5. The lowest BCUT2D eigenvalue weighted by atomic mass is 10.0. The van der Waals surface area contributed by atoms with Crippen molar-refractivity contribution in [3.05, 3.63) is 89.2 Å². The number of aromatic nitrogens is 2. The van der Waals surface area contributed by atoms with Gasteiger partial charge in [0.1, 0.15) is 0 Å². The van der Waals surface area contributed by atoms with E-state index in [4.69, 9.17) is 10.7 Å². The summed E-state index contributed by atoms with van der Waals surface area (Å²) in [4.78, 5) is 17.4. The molecule has 0 fully saturated rings. The minimum absolute atomic E-state index is 0.395. The van der Waals surface area contributed by atoms with E-state index >= 15 is 0 Å². The van der Waals surface area contributed by atoms with Crippen LogP contribution in [-0.2, 0) is 19.4 Å². The highest BCUT2D eigenvalue weighted by molar-refractivity contribution is 6.02. The molecule has 0 aliphatic rings. The van der Waals surface area contributed by atoms with Crippen LogP contribution in [0.5, 0.6) is 0 Å². The number of fused-ring (bicyclic) bond motifs is 1. The number of nitrogens with zero attached hydrogens (tertiary/aromatic N) is 2. The van der Waals surface area contributed by atoms with E-state index < -0.39 is 5.91 Å². The van der Waals surface area contributed by atoms with Crippen molar-refractivity contribution < 1.29 is 4.79 Å². The Labute approximate surface area is 177 Å². The molecule has 2 aromatic heterocycles. The zero-order chi connectivity index (χ0) is 21.1. The first-order valence-corrected chi connectivity index (χ1v) is 10.5. The van der Waals surface area contributed by atoms with E-state index in [-0.39, 0.29) is 0 Å². The van der Waals surface area contributed by atoms with Crippen molar-refractivity contribution >= 4 is 16.8 Å². The molecule has 1 amide bonds. The van der Waals surface area contributed by atoms with Crippen molar-refractivity contribution in [2.75, 3.05) is 0 Å². The van der Waals surface area contributed by atoms with Gasteiger partial charge in [0.05, 0.1) is 16.8 Å². The number of carbonyl (C=O) groups excluding carboxylic acids is 1. The fraction of sp³-hybridized carbons (Fsp3) is 0.231. The van der Waals surface area contributed by atoms with E-state index in [1.54, 1.807) is 0 Å². The summed E-state index contributed by atoms with van der Waals surface area (Å²) in [6.07, 6.45) is 2.75. The smallest absolute Gasteiger partial charge is 0.251 e. The van der Waals surface area contributed by atoms with Gasteiger partial charge < -0.3 is 10.3 Å². The molecule has 0 radical (unpaired) electrons. The number of amides is 1. The van der Waals surface area contributed by atoms with E-state index in [0.717, 1.165) is 59.4 Å². The maximum absolute atomic E-state index is 12.5. The number of para-hydroxylation sites is 1. The van der Waals surface area contributed by atoms with Gasteiger partial charge in [-0.3, -0.25) is 4.79 Å². The molecule has 4 nitrogen and oxygen atoms in total. The molecule has 2 aromatic carbocycles. The quantitative estimate of drug-likeness (QED) is 0.460. The van der Waals surface area contributed by atoms with Crippen LogP contribution in [0.1, 0.15) is 40.7 Å². The van der Waals surface area contributed by atoms with Crippen LogP contribution in [-0.4, -0.2) is 15.5 Å². The summed E-state index contributed by atoms with van der Waals surface area (Å²) in [5.41, 5.74) is 12.4. The van der Waals surface area contributed by atoms with Crippen LogP contribution in [0.15, 0.2) is 66.7 Å². The molecule has 0 saturated carbocycles. The third kappa shape index (κ3) is 3.73. The van der Waals surface area contributed by atoms with Gasteiger partial charge in [-0.1, -0.05) is 67.9 Å². The van der Waals surface area contributed by atoms with Gasteiger partial charge in [0.2, 0.25) is 0 Å². The molecule has 0 atom stereocenters. The van der Waals surface area contributed by atoms with E-state index in [2.05, 4.69) is 41.8 Å². The standard InChI is InChI=1S/C26H27N3O/c1-3-9-23-25(22-15-14-20-12-7-8-13-21(20)28-22)24(26(27)30)18(2)29(23)17-16-19-10-5-4-6-11-19/h4-8,10-15H,3,9,16-17H2,1-2H3,(H2,27,30). The number of primary amides is 1. The average molecular weight is 398 g/mol. The molecule has 2 heterocycles. The Morgan fingerprint density at radius 2 is 1.70 bits per heavy atom. The first-order valence-electron chi connectivity index (χ1n) is 10.5. The molecule has 0 aliphatic carbocycles. The minimum atomic E-state index is -0.395. The Hall–Kier alpha value is -3.40. The molecule has 152 valence electrons. The topological polar surface area (TPSA) is 60.9 Å². The highest BCUT2D eigenvalue weighted by atomic mass is 16.1. The average Bonchev–Trinajstić information content (AvgIpc) is 3.04. The van der Waals surface area contributed by atoms with Crippen LogP contribution in [0.2, 0.25) is 0 Å². The van der Waals surface area contributed by atoms with Gasteiger partial charge >= 0.3 is 0 Å². The van der Waals surface area contributed by atoms with Crippen LogP contribution in [0.25, 0.3) is 22.2 Å². The molecule has 0 unspecified atom stereocenters. The lowest BCUT2D eigenvalue weighted by Crippen LogP contribution is -2.14. The van der Waals surface area contributed by atoms with Crippen LogP contribution in [0.3, 0.4) is 0 Å². The molecular formula is C26H27N3O. The second kappa shape index (κ2) is 8.54. The maximum atomic E-state index is 12.5. The molecule has 0 bridgehead atoms. The lowest BCUT2D eigenvalue weighted by molar-refractivity contribution is 0.1000. The number of pyridine rings is 1. The van der Waals surface area contributed by atoms with Crippen LogP contribution in [0.4, 0.5) is 0 Å². The highest BCUT2D eigenvalue weighted by Crippen LogP contribution is 2.34. The van der Waals surface area contributed by atoms with E-state index in [1.165, 1.54) is 5.56 Å². The lowest BCUT2D eigenvalue weighted by Gasteiger charge is -2.13. The second-order valence-corrected chi connectivity index (χ2v) is 7.67. The monoisotopic (exact) mass is 397 g/mol. The first kappa shape index (κ1) is 19.9. The molecule has 4 aromatic rings. The molecule has 4 heteroatoms. The summed E-state index contributed by atoms with van der Waals surface area (Å²) < 4.78 is 2.27. The molecule has 2 N–H and O–H groups in total. The van der Waals surface area contributed by atoms with Crippen molar-refractivity contribution in [3.63, 3.8) is 0 Å². The van der Waals surface area contributed by atoms with Gasteiger partial charge in [0, 0.05) is 28.9 Å². The van der Waals surface area contributed by atoms with Crippen molar-refractivity contribution in [2.45, 2.75) is 39.7 Å². The van der Waals surface area contributed by atoms with Crippen LogP contribution >= 0.6 is 0 Å². The van der Waals surface area contributed by atoms with Crippen molar-refractivity contribution in [2.24, 2.45) is 5.73 Å². The zero-order valence-electron chi connectivity index (χ0n) is 17.6. The first-order chi connectivity index (χ1) is 14.6. The summed E-state index contributed by atoms with van der Waals surface area (Å²) >= 11 is 0. The molecule has 0 aliphatic heterocycles. The number of nitrogens with two attached hydrogens (primary N) is 1.